The molecule has 0 saturated heterocycles. The fraction of sp³-hybridized carbons (Fsp3) is 0.250. The molecular formula is C16H17N5O2. The number of benzene rings is 1. The molecule has 7 nitrogen and oxygen atoms in total. The van der Waals surface area contributed by atoms with E-state index < -0.39 is 0 Å². The number of nitrogen functional groups attached to an aromatic ring is 1. The Bertz CT molecular complexity index is 764. The van der Waals surface area contributed by atoms with Gasteiger partial charge in [0.2, 0.25) is 11.9 Å². The summed E-state index contributed by atoms with van der Waals surface area (Å²) >= 11 is 0. The third kappa shape index (κ3) is 3.45. The lowest BCUT2D eigenvalue weighted by atomic mass is 10.00. The van der Waals surface area contributed by atoms with Crippen LogP contribution in [0.2, 0.25) is 0 Å². The van der Waals surface area contributed by atoms with Gasteiger partial charge in [0.25, 0.3) is 0 Å². The molecule has 0 radical (unpaired) electrons. The maximum atomic E-state index is 12.1. The van der Waals surface area contributed by atoms with Crippen LogP contribution in [-0.4, -0.2) is 26.9 Å². The highest BCUT2D eigenvalue weighted by Gasteiger charge is 2.25. The van der Waals surface area contributed by atoms with Gasteiger partial charge in [-0.05, 0) is 17.6 Å². The van der Waals surface area contributed by atoms with E-state index in [9.17, 15) is 9.59 Å². The van der Waals surface area contributed by atoms with Crippen molar-refractivity contribution in [2.75, 3.05) is 5.73 Å². The Labute approximate surface area is 133 Å². The number of amides is 1. The number of hydrogen-bond donors (Lipinski definition) is 3. The number of rotatable bonds is 5. The minimum atomic E-state index is -0.223. The quantitative estimate of drug-likeness (QED) is 0.768. The third-order valence-corrected chi connectivity index (χ3v) is 3.76. The zero-order valence-electron chi connectivity index (χ0n) is 12.5. The second-order valence-electron chi connectivity index (χ2n) is 5.34. The topological polar surface area (TPSA) is 114 Å². The van der Waals surface area contributed by atoms with Crippen molar-refractivity contribution in [3.05, 3.63) is 47.3 Å². The standard InChI is InChI=1S/C16H17N5O2/c17-16-19-14(20-21-16)9-18-15(23)8-12-11(6-7-13(12)22)10-4-2-1-3-5-10/h1-5H,6-9H2,(H,18,23)(H3,17,19,20,21). The van der Waals surface area contributed by atoms with Gasteiger partial charge in [-0.25, -0.2) is 0 Å². The van der Waals surface area contributed by atoms with Crippen LogP contribution in [0.15, 0.2) is 35.9 Å². The minimum absolute atomic E-state index is 0.0444. The molecule has 2 aromatic rings. The molecule has 0 atom stereocenters. The Kier molecular flexibility index (Phi) is 4.18. The Morgan fingerprint density at radius 1 is 1.26 bits per heavy atom. The van der Waals surface area contributed by atoms with Gasteiger partial charge in [-0.1, -0.05) is 30.3 Å². The lowest BCUT2D eigenvalue weighted by molar-refractivity contribution is -0.122. The Hall–Kier alpha value is -2.96. The fourth-order valence-corrected chi connectivity index (χ4v) is 2.67. The number of nitrogens with one attached hydrogen (secondary N) is 2. The first kappa shape index (κ1) is 15.0. The molecule has 0 fully saturated rings. The number of nitrogens with two attached hydrogens (primary N) is 1. The van der Waals surface area contributed by atoms with E-state index in [1.165, 1.54) is 0 Å². The SMILES string of the molecule is Nc1n[nH]c(CNC(=O)CC2=C(c3ccccc3)CCC2=O)n1. The molecule has 7 heteroatoms. The molecule has 0 spiro atoms. The van der Waals surface area contributed by atoms with Gasteiger partial charge in [0.1, 0.15) is 5.82 Å². The van der Waals surface area contributed by atoms with E-state index in [2.05, 4.69) is 20.5 Å². The number of aromatic amines is 1. The van der Waals surface area contributed by atoms with E-state index in [1.807, 2.05) is 30.3 Å². The molecule has 1 aliphatic carbocycles. The van der Waals surface area contributed by atoms with Crippen LogP contribution < -0.4 is 11.1 Å². The average molecular weight is 311 g/mol. The van der Waals surface area contributed by atoms with Crippen molar-refractivity contribution >= 4 is 23.2 Å². The molecule has 0 bridgehead atoms. The van der Waals surface area contributed by atoms with Crippen LogP contribution in [0, 0.1) is 0 Å². The molecule has 4 N–H and O–H groups in total. The Balaban J connectivity index is 1.69. The summed E-state index contributed by atoms with van der Waals surface area (Å²) in [6, 6.07) is 9.71. The van der Waals surface area contributed by atoms with Crippen LogP contribution in [-0.2, 0) is 16.1 Å². The maximum Gasteiger partial charge on any atom is 0.239 e. The van der Waals surface area contributed by atoms with Gasteiger partial charge in [0, 0.05) is 12.0 Å². The monoisotopic (exact) mass is 311 g/mol. The molecule has 1 amide bonds. The van der Waals surface area contributed by atoms with E-state index in [1.54, 1.807) is 0 Å². The van der Waals surface area contributed by atoms with E-state index >= 15 is 0 Å². The number of carbonyl (C=O) groups is 2. The highest BCUT2D eigenvalue weighted by molar-refractivity contribution is 6.10. The van der Waals surface area contributed by atoms with Crippen molar-refractivity contribution in [2.24, 2.45) is 0 Å². The second-order valence-corrected chi connectivity index (χ2v) is 5.34. The van der Waals surface area contributed by atoms with Crippen LogP contribution in [0.5, 0.6) is 0 Å². The third-order valence-electron chi connectivity index (χ3n) is 3.76. The Morgan fingerprint density at radius 2 is 2.04 bits per heavy atom. The molecule has 118 valence electrons. The van der Waals surface area contributed by atoms with Crippen LogP contribution in [0.25, 0.3) is 5.57 Å². The summed E-state index contributed by atoms with van der Waals surface area (Å²) in [6.45, 7) is 0.200. The molecule has 1 aliphatic rings. The summed E-state index contributed by atoms with van der Waals surface area (Å²) in [7, 11) is 0. The van der Waals surface area contributed by atoms with Crippen molar-refractivity contribution in [3.63, 3.8) is 0 Å². The number of ketones is 1. The molecule has 1 aromatic carbocycles. The van der Waals surface area contributed by atoms with E-state index in [4.69, 9.17) is 5.73 Å². The summed E-state index contributed by atoms with van der Waals surface area (Å²) in [4.78, 5) is 28.1. The first-order chi connectivity index (χ1) is 11.1. The molecule has 0 saturated carbocycles. The van der Waals surface area contributed by atoms with Gasteiger partial charge >= 0.3 is 0 Å². The van der Waals surface area contributed by atoms with E-state index in [0.717, 1.165) is 11.1 Å². The lowest BCUT2D eigenvalue weighted by Crippen LogP contribution is -2.24. The summed E-state index contributed by atoms with van der Waals surface area (Å²) in [5, 5.41) is 9.02. The van der Waals surface area contributed by atoms with E-state index in [0.29, 0.717) is 24.2 Å². The Morgan fingerprint density at radius 3 is 2.74 bits per heavy atom. The number of hydrogen-bond acceptors (Lipinski definition) is 5. The maximum absolute atomic E-state index is 12.1. The molecule has 1 aromatic heterocycles. The van der Waals surface area contributed by atoms with Crippen LogP contribution in [0.3, 0.4) is 0 Å². The summed E-state index contributed by atoms with van der Waals surface area (Å²) in [6.07, 6.45) is 1.22. The number of carbonyl (C=O) groups excluding carboxylic acids is 2. The highest BCUT2D eigenvalue weighted by Crippen LogP contribution is 2.33. The van der Waals surface area contributed by atoms with Gasteiger partial charge in [-0.3, -0.25) is 14.7 Å². The molecule has 3 rings (SSSR count). The summed E-state index contributed by atoms with van der Waals surface area (Å²) < 4.78 is 0. The number of H-pyrrole nitrogens is 1. The van der Waals surface area contributed by atoms with Crippen molar-refractivity contribution in [1.82, 2.24) is 20.5 Å². The number of anilines is 1. The largest absolute Gasteiger partial charge is 0.367 e. The van der Waals surface area contributed by atoms with Crippen LogP contribution in [0.1, 0.15) is 30.7 Å². The molecule has 1 heterocycles. The first-order valence-electron chi connectivity index (χ1n) is 7.37. The number of nitrogens with zero attached hydrogens (tertiary/aromatic N) is 2. The minimum Gasteiger partial charge on any atom is -0.367 e. The number of allylic oxidation sites excluding steroid dienone is 1. The van der Waals surface area contributed by atoms with Gasteiger partial charge in [-0.2, -0.15) is 4.98 Å². The smallest absolute Gasteiger partial charge is 0.239 e. The summed E-state index contributed by atoms with van der Waals surface area (Å²) in [5.41, 5.74) is 7.97. The average Bonchev–Trinajstić information content (AvgIpc) is 3.13. The summed E-state index contributed by atoms with van der Waals surface area (Å²) in [5.74, 6) is 0.432. The number of aromatic nitrogens is 3. The molecular weight excluding hydrogens is 294 g/mol. The van der Waals surface area contributed by atoms with Gasteiger partial charge in [0.15, 0.2) is 5.78 Å². The van der Waals surface area contributed by atoms with Gasteiger partial charge in [0.05, 0.1) is 13.0 Å². The van der Waals surface area contributed by atoms with Crippen LogP contribution in [0.4, 0.5) is 5.95 Å². The zero-order chi connectivity index (χ0) is 16.2. The van der Waals surface area contributed by atoms with Gasteiger partial charge in [-0.15, -0.1) is 5.10 Å². The van der Waals surface area contributed by atoms with Crippen molar-refractivity contribution in [1.29, 1.82) is 0 Å². The van der Waals surface area contributed by atoms with E-state index in [-0.39, 0.29) is 30.6 Å². The van der Waals surface area contributed by atoms with Crippen molar-refractivity contribution < 1.29 is 9.59 Å². The number of Topliss-reactive ketones (excluding diaryl/α,β-unsaturated/α-hetero) is 1. The first-order valence-corrected chi connectivity index (χ1v) is 7.37. The predicted molar refractivity (Wildman–Crippen MR) is 84.9 cm³/mol. The highest BCUT2D eigenvalue weighted by atomic mass is 16.2. The van der Waals surface area contributed by atoms with Crippen molar-refractivity contribution in [2.45, 2.75) is 25.8 Å². The second kappa shape index (κ2) is 6.43. The molecule has 23 heavy (non-hydrogen) atoms. The van der Waals surface area contributed by atoms with Crippen LogP contribution >= 0.6 is 0 Å². The predicted octanol–water partition coefficient (Wildman–Crippen LogP) is 1.21. The fourth-order valence-electron chi connectivity index (χ4n) is 2.67. The molecule has 0 unspecified atom stereocenters. The molecule has 0 aliphatic heterocycles. The normalized spacial score (nSPS) is 14.3. The zero-order valence-corrected chi connectivity index (χ0v) is 12.5. The van der Waals surface area contributed by atoms with Gasteiger partial charge < -0.3 is 11.1 Å². The lowest BCUT2D eigenvalue weighted by Gasteiger charge is -2.07. The van der Waals surface area contributed by atoms with Crippen molar-refractivity contribution in [3.8, 4) is 0 Å².